The van der Waals surface area contributed by atoms with Crippen molar-refractivity contribution in [1.29, 1.82) is 0 Å². The van der Waals surface area contributed by atoms with Crippen molar-refractivity contribution < 1.29 is 9.59 Å². The summed E-state index contributed by atoms with van der Waals surface area (Å²) >= 11 is 0. The van der Waals surface area contributed by atoms with Gasteiger partial charge in [-0.15, -0.1) is 0 Å². The lowest BCUT2D eigenvalue weighted by Crippen LogP contribution is -2.50. The monoisotopic (exact) mass is 261 g/mol. The molecule has 0 aromatic heterocycles. The van der Waals surface area contributed by atoms with Gasteiger partial charge in [-0.05, 0) is 18.1 Å². The highest BCUT2D eigenvalue weighted by Crippen LogP contribution is 2.14. The van der Waals surface area contributed by atoms with Gasteiger partial charge in [0, 0.05) is 32.2 Å². The van der Waals surface area contributed by atoms with Crippen LogP contribution in [0.2, 0.25) is 0 Å². The van der Waals surface area contributed by atoms with Gasteiger partial charge >= 0.3 is 0 Å². The Morgan fingerprint density at radius 2 is 2.05 bits per heavy atom. The molecule has 1 fully saturated rings. The van der Waals surface area contributed by atoms with Gasteiger partial charge in [0.15, 0.2) is 0 Å². The first-order valence-electron chi connectivity index (χ1n) is 6.43. The number of amides is 2. The fourth-order valence-corrected chi connectivity index (χ4v) is 2.13. The van der Waals surface area contributed by atoms with Crippen LogP contribution in [0.3, 0.4) is 0 Å². The highest BCUT2D eigenvalue weighted by molar-refractivity contribution is 5.86. The van der Waals surface area contributed by atoms with Crippen LogP contribution in [-0.2, 0) is 16.0 Å². The first-order valence-corrected chi connectivity index (χ1v) is 6.43. The van der Waals surface area contributed by atoms with Crippen LogP contribution in [0.25, 0.3) is 0 Å². The highest BCUT2D eigenvalue weighted by atomic mass is 16.2. The smallest absolute Gasteiger partial charge is 0.241 e. The van der Waals surface area contributed by atoms with E-state index in [1.54, 1.807) is 16.8 Å². The summed E-state index contributed by atoms with van der Waals surface area (Å²) in [4.78, 5) is 26.9. The molecule has 2 N–H and O–H groups in total. The molecule has 1 aromatic carbocycles. The zero-order valence-electron chi connectivity index (χ0n) is 11.1. The number of para-hydroxylation sites is 1. The lowest BCUT2D eigenvalue weighted by Gasteiger charge is -2.32. The van der Waals surface area contributed by atoms with Crippen LogP contribution in [-0.4, -0.2) is 48.3 Å². The molecule has 0 saturated carbocycles. The first-order chi connectivity index (χ1) is 9.08. The Kier molecular flexibility index (Phi) is 4.04. The summed E-state index contributed by atoms with van der Waals surface area (Å²) < 4.78 is 0. The Hall–Kier alpha value is -2.04. The Morgan fingerprint density at radius 3 is 2.74 bits per heavy atom. The second-order valence-corrected chi connectivity index (χ2v) is 4.83. The molecule has 19 heavy (non-hydrogen) atoms. The number of anilines is 1. The van der Waals surface area contributed by atoms with E-state index in [4.69, 9.17) is 5.73 Å². The molecular formula is C14H19N3O2. The molecule has 0 atom stereocenters. The number of nitrogen functional groups attached to an aromatic ring is 1. The van der Waals surface area contributed by atoms with Gasteiger partial charge < -0.3 is 15.5 Å². The fraction of sp³-hybridized carbons (Fsp3) is 0.429. The van der Waals surface area contributed by atoms with E-state index in [-0.39, 0.29) is 18.4 Å². The van der Waals surface area contributed by atoms with Crippen molar-refractivity contribution in [3.63, 3.8) is 0 Å². The minimum Gasteiger partial charge on any atom is -0.399 e. The summed E-state index contributed by atoms with van der Waals surface area (Å²) in [6, 6.07) is 7.55. The maximum absolute atomic E-state index is 12.0. The van der Waals surface area contributed by atoms with Crippen LogP contribution in [0.4, 0.5) is 5.69 Å². The molecule has 5 heteroatoms. The van der Waals surface area contributed by atoms with Gasteiger partial charge in [0.05, 0.1) is 6.54 Å². The van der Waals surface area contributed by atoms with Gasteiger partial charge in [-0.2, -0.15) is 0 Å². The first kappa shape index (κ1) is 13.4. The lowest BCUT2D eigenvalue weighted by atomic mass is 10.1. The largest absolute Gasteiger partial charge is 0.399 e. The molecule has 1 aliphatic heterocycles. The number of carbonyl (C=O) groups is 2. The van der Waals surface area contributed by atoms with Gasteiger partial charge in [-0.1, -0.05) is 18.2 Å². The van der Waals surface area contributed by atoms with E-state index in [1.165, 1.54) is 0 Å². The van der Waals surface area contributed by atoms with Crippen molar-refractivity contribution in [2.75, 3.05) is 32.4 Å². The number of carbonyl (C=O) groups excluding carboxylic acids is 2. The quantitative estimate of drug-likeness (QED) is 0.806. The van der Waals surface area contributed by atoms with Crippen LogP contribution >= 0.6 is 0 Å². The zero-order valence-corrected chi connectivity index (χ0v) is 11.1. The molecule has 102 valence electrons. The molecule has 1 heterocycles. The molecule has 0 aliphatic carbocycles. The molecule has 0 bridgehead atoms. The number of likely N-dealkylation sites (N-methyl/N-ethyl adjacent to an activating group) is 1. The zero-order chi connectivity index (χ0) is 13.8. The second-order valence-electron chi connectivity index (χ2n) is 4.83. The number of benzene rings is 1. The minimum atomic E-state index is -0.00109. The Morgan fingerprint density at radius 1 is 1.32 bits per heavy atom. The lowest BCUT2D eigenvalue weighted by molar-refractivity contribution is -0.144. The molecule has 0 spiro atoms. The van der Waals surface area contributed by atoms with Gasteiger partial charge in [-0.25, -0.2) is 0 Å². The molecular weight excluding hydrogens is 242 g/mol. The average Bonchev–Trinajstić information content (AvgIpc) is 2.40. The number of nitrogens with two attached hydrogens (primary N) is 1. The van der Waals surface area contributed by atoms with Crippen molar-refractivity contribution in [1.82, 2.24) is 9.80 Å². The van der Waals surface area contributed by atoms with E-state index in [0.717, 1.165) is 5.56 Å². The normalized spacial score (nSPS) is 15.7. The number of hydrogen-bond donors (Lipinski definition) is 1. The van der Waals surface area contributed by atoms with Gasteiger partial charge in [0.2, 0.25) is 11.8 Å². The van der Waals surface area contributed by atoms with E-state index in [9.17, 15) is 9.59 Å². The predicted octanol–water partition coefficient (Wildman–Crippen LogP) is 0.502. The number of rotatable bonds is 3. The average molecular weight is 261 g/mol. The van der Waals surface area contributed by atoms with E-state index in [2.05, 4.69) is 0 Å². The van der Waals surface area contributed by atoms with Gasteiger partial charge in [-0.3, -0.25) is 9.59 Å². The topological polar surface area (TPSA) is 66.6 Å². The van der Waals surface area contributed by atoms with E-state index < -0.39 is 0 Å². The summed E-state index contributed by atoms with van der Waals surface area (Å²) in [5, 5.41) is 0. The van der Waals surface area contributed by atoms with Crippen LogP contribution in [0.5, 0.6) is 0 Å². The summed E-state index contributed by atoms with van der Waals surface area (Å²) in [5.41, 5.74) is 7.54. The Balaban J connectivity index is 1.88. The summed E-state index contributed by atoms with van der Waals surface area (Å²) in [5.74, 6) is 0.0172. The third kappa shape index (κ3) is 3.24. The molecule has 1 aliphatic rings. The third-order valence-corrected chi connectivity index (χ3v) is 3.47. The molecule has 0 unspecified atom stereocenters. The molecule has 5 nitrogen and oxygen atoms in total. The van der Waals surface area contributed by atoms with Gasteiger partial charge in [0.1, 0.15) is 0 Å². The summed E-state index contributed by atoms with van der Waals surface area (Å²) in [7, 11) is 1.76. The van der Waals surface area contributed by atoms with Gasteiger partial charge in [0.25, 0.3) is 0 Å². The standard InChI is InChI=1S/C14H19N3O2/c1-16-8-9-17(10-14(16)19)13(18)7-6-11-4-2-3-5-12(11)15/h2-5H,6-10,15H2,1H3. The summed E-state index contributed by atoms with van der Waals surface area (Å²) in [6.07, 6.45) is 1.01. The van der Waals surface area contributed by atoms with E-state index in [1.807, 2.05) is 24.3 Å². The van der Waals surface area contributed by atoms with Crippen molar-refractivity contribution in [3.8, 4) is 0 Å². The van der Waals surface area contributed by atoms with Crippen molar-refractivity contribution >= 4 is 17.5 Å². The van der Waals surface area contributed by atoms with Crippen molar-refractivity contribution in [2.45, 2.75) is 12.8 Å². The molecule has 0 radical (unpaired) electrons. The van der Waals surface area contributed by atoms with Crippen LogP contribution in [0, 0.1) is 0 Å². The molecule has 1 aromatic rings. The predicted molar refractivity (Wildman–Crippen MR) is 73.4 cm³/mol. The number of aryl methyl sites for hydroxylation is 1. The second kappa shape index (κ2) is 5.73. The van der Waals surface area contributed by atoms with E-state index in [0.29, 0.717) is 31.6 Å². The SMILES string of the molecule is CN1CCN(C(=O)CCc2ccccc2N)CC1=O. The maximum atomic E-state index is 12.0. The summed E-state index contributed by atoms with van der Waals surface area (Å²) in [6.45, 7) is 1.42. The van der Waals surface area contributed by atoms with Crippen LogP contribution in [0.15, 0.2) is 24.3 Å². The highest BCUT2D eigenvalue weighted by Gasteiger charge is 2.24. The maximum Gasteiger partial charge on any atom is 0.241 e. The molecule has 2 amide bonds. The number of nitrogens with zero attached hydrogens (tertiary/aromatic N) is 2. The fourth-order valence-electron chi connectivity index (χ4n) is 2.13. The van der Waals surface area contributed by atoms with Crippen molar-refractivity contribution in [2.24, 2.45) is 0 Å². The number of piperazine rings is 1. The van der Waals surface area contributed by atoms with Crippen LogP contribution in [0.1, 0.15) is 12.0 Å². The van der Waals surface area contributed by atoms with Crippen LogP contribution < -0.4 is 5.73 Å². The van der Waals surface area contributed by atoms with Crippen molar-refractivity contribution in [3.05, 3.63) is 29.8 Å². The van der Waals surface area contributed by atoms with E-state index >= 15 is 0 Å². The number of hydrogen-bond acceptors (Lipinski definition) is 3. The molecule has 2 rings (SSSR count). The minimum absolute atomic E-state index is 0.00109. The third-order valence-electron chi connectivity index (χ3n) is 3.47. The molecule has 1 saturated heterocycles. The Labute approximate surface area is 113 Å². The Bertz CT molecular complexity index is 487.